The number of ether oxygens (including phenoxy) is 1. The molecule has 138 valence electrons. The number of anilines is 1. The molecular formula is C22H24N4O. The number of benzene rings is 1. The van der Waals surface area contributed by atoms with Gasteiger partial charge in [-0.1, -0.05) is 18.2 Å². The predicted octanol–water partition coefficient (Wildman–Crippen LogP) is 3.53. The topological polar surface area (TPSA) is 43.9 Å². The summed E-state index contributed by atoms with van der Waals surface area (Å²) >= 11 is 0. The third-order valence-electron chi connectivity index (χ3n) is 5.15. The summed E-state index contributed by atoms with van der Waals surface area (Å²) in [4.78, 5) is 4.82. The number of hydrogen-bond donors (Lipinski definition) is 0. The maximum atomic E-state index is 9.60. The second kappa shape index (κ2) is 7.73. The lowest BCUT2D eigenvalue weighted by Gasteiger charge is -2.36. The van der Waals surface area contributed by atoms with E-state index in [-0.39, 0.29) is 0 Å². The van der Waals surface area contributed by atoms with Gasteiger partial charge < -0.3 is 14.0 Å². The summed E-state index contributed by atoms with van der Waals surface area (Å²) in [5.74, 6) is 0.957. The van der Waals surface area contributed by atoms with Crippen LogP contribution >= 0.6 is 0 Å². The predicted molar refractivity (Wildman–Crippen MR) is 107 cm³/mol. The zero-order chi connectivity index (χ0) is 18.6. The fourth-order valence-corrected chi connectivity index (χ4v) is 3.81. The lowest BCUT2D eigenvalue weighted by Crippen LogP contribution is -2.46. The molecule has 0 bridgehead atoms. The lowest BCUT2D eigenvalue weighted by atomic mass is 10.1. The monoisotopic (exact) mass is 360 g/mol. The van der Waals surface area contributed by atoms with Gasteiger partial charge in [-0.15, -0.1) is 0 Å². The van der Waals surface area contributed by atoms with E-state index in [0.29, 0.717) is 6.61 Å². The first-order valence-corrected chi connectivity index (χ1v) is 9.48. The van der Waals surface area contributed by atoms with E-state index in [9.17, 15) is 5.26 Å². The first kappa shape index (κ1) is 17.4. The molecule has 2 aromatic heterocycles. The number of piperazine rings is 1. The van der Waals surface area contributed by atoms with Crippen molar-refractivity contribution < 1.29 is 4.74 Å². The molecule has 0 amide bonds. The van der Waals surface area contributed by atoms with Crippen molar-refractivity contribution >= 4 is 11.2 Å². The van der Waals surface area contributed by atoms with Crippen LogP contribution in [0.2, 0.25) is 0 Å². The molecule has 0 unspecified atom stereocenters. The molecule has 1 fully saturated rings. The zero-order valence-corrected chi connectivity index (χ0v) is 15.6. The van der Waals surface area contributed by atoms with Gasteiger partial charge in [0, 0.05) is 50.7 Å². The van der Waals surface area contributed by atoms with Gasteiger partial charge in [-0.25, -0.2) is 0 Å². The largest absolute Gasteiger partial charge is 0.492 e. The van der Waals surface area contributed by atoms with Gasteiger partial charge in [-0.2, -0.15) is 5.26 Å². The molecule has 1 aliphatic rings. The Kier molecular flexibility index (Phi) is 4.99. The van der Waals surface area contributed by atoms with Crippen LogP contribution in [0.5, 0.6) is 5.75 Å². The zero-order valence-electron chi connectivity index (χ0n) is 15.6. The van der Waals surface area contributed by atoms with Crippen LogP contribution in [0.4, 0.5) is 5.69 Å². The van der Waals surface area contributed by atoms with Gasteiger partial charge in [-0.3, -0.25) is 4.90 Å². The summed E-state index contributed by atoms with van der Waals surface area (Å²) in [6.07, 6.45) is 4.09. The van der Waals surface area contributed by atoms with E-state index in [1.54, 1.807) is 0 Å². The SMILES string of the molecule is CCOc1ccccc1N1CCN(Cc2cn3ccccc3c2C#N)CC1. The van der Waals surface area contributed by atoms with Crippen LogP contribution in [0, 0.1) is 11.3 Å². The Hall–Kier alpha value is -2.97. The number of pyridine rings is 1. The summed E-state index contributed by atoms with van der Waals surface area (Å²) in [5.41, 5.74) is 4.05. The highest BCUT2D eigenvalue weighted by molar-refractivity contribution is 5.65. The molecule has 27 heavy (non-hydrogen) atoms. The summed E-state index contributed by atoms with van der Waals surface area (Å²) in [5, 5.41) is 9.60. The average Bonchev–Trinajstić information content (AvgIpc) is 3.06. The Morgan fingerprint density at radius 1 is 1.04 bits per heavy atom. The van der Waals surface area contributed by atoms with E-state index < -0.39 is 0 Å². The third kappa shape index (κ3) is 3.49. The summed E-state index contributed by atoms with van der Waals surface area (Å²) in [6, 6.07) is 16.6. The Labute approximate surface area is 160 Å². The molecule has 0 N–H and O–H groups in total. The van der Waals surface area contributed by atoms with Crippen molar-refractivity contribution in [3.8, 4) is 11.8 Å². The molecule has 0 aliphatic carbocycles. The Morgan fingerprint density at radius 3 is 2.59 bits per heavy atom. The molecule has 1 aromatic carbocycles. The molecule has 1 aliphatic heterocycles. The molecule has 1 saturated heterocycles. The van der Waals surface area contributed by atoms with Gasteiger partial charge in [0.25, 0.3) is 0 Å². The first-order chi connectivity index (χ1) is 13.3. The van der Waals surface area contributed by atoms with Crippen LogP contribution in [-0.4, -0.2) is 42.1 Å². The molecular weight excluding hydrogens is 336 g/mol. The minimum atomic E-state index is 0.677. The average molecular weight is 360 g/mol. The van der Waals surface area contributed by atoms with Gasteiger partial charge in [0.2, 0.25) is 0 Å². The van der Waals surface area contributed by atoms with Crippen molar-refractivity contribution in [1.29, 1.82) is 5.26 Å². The minimum Gasteiger partial charge on any atom is -0.492 e. The highest BCUT2D eigenvalue weighted by Gasteiger charge is 2.21. The van der Waals surface area contributed by atoms with Crippen molar-refractivity contribution in [2.75, 3.05) is 37.7 Å². The van der Waals surface area contributed by atoms with E-state index >= 15 is 0 Å². The first-order valence-electron chi connectivity index (χ1n) is 9.48. The minimum absolute atomic E-state index is 0.677. The number of nitriles is 1. The van der Waals surface area contributed by atoms with E-state index in [0.717, 1.165) is 55.1 Å². The number of aromatic nitrogens is 1. The Balaban J connectivity index is 1.46. The van der Waals surface area contributed by atoms with Gasteiger partial charge in [-0.05, 0) is 31.2 Å². The maximum Gasteiger partial charge on any atom is 0.142 e. The molecule has 5 nitrogen and oxygen atoms in total. The van der Waals surface area contributed by atoms with E-state index in [4.69, 9.17) is 4.74 Å². The fraction of sp³-hybridized carbons (Fsp3) is 0.318. The maximum absolute atomic E-state index is 9.60. The van der Waals surface area contributed by atoms with E-state index in [1.165, 1.54) is 5.69 Å². The van der Waals surface area contributed by atoms with Crippen molar-refractivity contribution in [3.05, 3.63) is 66.0 Å². The molecule has 0 atom stereocenters. The van der Waals surface area contributed by atoms with Crippen LogP contribution in [0.3, 0.4) is 0 Å². The van der Waals surface area contributed by atoms with Gasteiger partial charge >= 0.3 is 0 Å². The van der Waals surface area contributed by atoms with Crippen LogP contribution in [0.15, 0.2) is 54.9 Å². The highest BCUT2D eigenvalue weighted by atomic mass is 16.5. The number of para-hydroxylation sites is 2. The number of fused-ring (bicyclic) bond motifs is 1. The van der Waals surface area contributed by atoms with E-state index in [1.807, 2.05) is 47.9 Å². The Bertz CT molecular complexity index is 964. The van der Waals surface area contributed by atoms with Crippen LogP contribution in [0.25, 0.3) is 5.52 Å². The number of nitrogens with zero attached hydrogens (tertiary/aromatic N) is 4. The number of hydrogen-bond acceptors (Lipinski definition) is 4. The molecule has 3 aromatic rings. The molecule has 0 saturated carbocycles. The van der Waals surface area contributed by atoms with Crippen LogP contribution < -0.4 is 9.64 Å². The molecule has 0 spiro atoms. The summed E-state index contributed by atoms with van der Waals surface area (Å²) in [6.45, 7) is 7.36. The van der Waals surface area contributed by atoms with Gasteiger partial charge in [0.05, 0.1) is 23.4 Å². The molecule has 5 heteroatoms. The van der Waals surface area contributed by atoms with Gasteiger partial charge in [0.1, 0.15) is 11.8 Å². The second-order valence-electron chi connectivity index (χ2n) is 6.80. The summed E-state index contributed by atoms with van der Waals surface area (Å²) in [7, 11) is 0. The fourth-order valence-electron chi connectivity index (χ4n) is 3.81. The second-order valence-corrected chi connectivity index (χ2v) is 6.80. The van der Waals surface area contributed by atoms with Crippen molar-refractivity contribution in [3.63, 3.8) is 0 Å². The molecule has 0 radical (unpaired) electrons. The highest BCUT2D eigenvalue weighted by Crippen LogP contribution is 2.29. The lowest BCUT2D eigenvalue weighted by molar-refractivity contribution is 0.248. The van der Waals surface area contributed by atoms with E-state index in [2.05, 4.69) is 34.2 Å². The quantitative estimate of drug-likeness (QED) is 0.698. The smallest absolute Gasteiger partial charge is 0.142 e. The number of rotatable bonds is 5. The van der Waals surface area contributed by atoms with Crippen LogP contribution in [0.1, 0.15) is 18.1 Å². The van der Waals surface area contributed by atoms with Crippen LogP contribution in [-0.2, 0) is 6.54 Å². The molecule has 3 heterocycles. The Morgan fingerprint density at radius 2 is 1.81 bits per heavy atom. The third-order valence-corrected chi connectivity index (χ3v) is 5.15. The summed E-state index contributed by atoms with van der Waals surface area (Å²) < 4.78 is 7.83. The van der Waals surface area contributed by atoms with Gasteiger partial charge in [0.15, 0.2) is 0 Å². The van der Waals surface area contributed by atoms with Crippen molar-refractivity contribution in [2.45, 2.75) is 13.5 Å². The molecule has 4 rings (SSSR count). The standard InChI is InChI=1S/C22H24N4O/c1-2-27-22-9-4-3-8-21(22)25-13-11-24(12-14-25)16-18-17-26-10-6-5-7-20(26)19(18)15-23/h3-10,17H,2,11-14,16H2,1H3. The van der Waals surface area contributed by atoms with Crippen molar-refractivity contribution in [2.24, 2.45) is 0 Å². The normalized spacial score (nSPS) is 15.0. The van der Waals surface area contributed by atoms with Crippen molar-refractivity contribution in [1.82, 2.24) is 9.30 Å².